The first kappa shape index (κ1) is 45.0. The second kappa shape index (κ2) is 17.6. The van der Waals surface area contributed by atoms with Crippen molar-refractivity contribution < 1.29 is 84.2 Å². The molecule has 0 aromatic rings. The lowest BCUT2D eigenvalue weighted by Gasteiger charge is -2.42. The van der Waals surface area contributed by atoms with Gasteiger partial charge in [0.2, 0.25) is 0 Å². The van der Waals surface area contributed by atoms with E-state index in [1.54, 1.807) is 0 Å². The lowest BCUT2D eigenvalue weighted by molar-refractivity contribution is -0.461. The van der Waals surface area contributed by atoms with Gasteiger partial charge in [0.15, 0.2) is 0 Å². The number of unbranched alkanes of at least 4 members (excludes halogenated alkanes) is 11. The zero-order valence-electron chi connectivity index (χ0n) is 25.2. The molecule has 19 heteroatoms. The molecule has 0 aromatic heterocycles. The van der Waals surface area contributed by atoms with Gasteiger partial charge in [0.1, 0.15) is 0 Å². The van der Waals surface area contributed by atoms with Crippen molar-refractivity contribution >= 4 is 5.97 Å². The van der Waals surface area contributed by atoms with E-state index in [0.29, 0.717) is 12.8 Å². The first-order valence-corrected chi connectivity index (χ1v) is 14.7. The number of rotatable bonds is 24. The summed E-state index contributed by atoms with van der Waals surface area (Å²) in [7, 11) is 0. The summed E-state index contributed by atoms with van der Waals surface area (Å²) in [4.78, 5) is 11.6. The van der Waals surface area contributed by atoms with Crippen LogP contribution in [0.15, 0.2) is 12.2 Å². The Kier molecular flexibility index (Phi) is 16.9. The average Bonchev–Trinajstić information content (AvgIpc) is 2.93. The molecule has 0 fully saturated rings. The summed E-state index contributed by atoms with van der Waals surface area (Å²) >= 11 is 0. The molecule has 0 aliphatic carbocycles. The number of allylic oxidation sites excluding steroid dienone is 2. The third kappa shape index (κ3) is 10.8. The highest BCUT2D eigenvalue weighted by molar-refractivity contribution is 5.69. The highest BCUT2D eigenvalue weighted by Gasteiger charge is 2.95. The minimum absolute atomic E-state index is 0.0927. The Morgan fingerprint density at radius 1 is 0.489 bits per heavy atom. The van der Waals surface area contributed by atoms with Crippen molar-refractivity contribution in [1.29, 1.82) is 0 Å². The highest BCUT2D eigenvalue weighted by atomic mass is 19.4. The summed E-state index contributed by atoms with van der Waals surface area (Å²) < 4.78 is 230. The van der Waals surface area contributed by atoms with Gasteiger partial charge >= 0.3 is 53.6 Å². The Morgan fingerprint density at radius 2 is 0.851 bits per heavy atom. The minimum Gasteiger partial charge on any atom is -0.465 e. The van der Waals surface area contributed by atoms with Crippen molar-refractivity contribution in [2.75, 3.05) is 6.61 Å². The van der Waals surface area contributed by atoms with Crippen LogP contribution in [0.2, 0.25) is 0 Å². The SMILES string of the molecule is CCCCCCCCC=CCCCCCCCC(=O)OCCC(F)(F)C(F)(F)C(F)(F)C(F)(F)C(F)(F)C(F)(F)C(F)(F)C(F)(F)F. The van der Waals surface area contributed by atoms with Gasteiger partial charge in [-0.2, -0.15) is 74.6 Å². The van der Waals surface area contributed by atoms with Gasteiger partial charge < -0.3 is 4.74 Å². The molecule has 0 heterocycles. The number of esters is 1. The number of carbonyl (C=O) groups is 1. The fourth-order valence-corrected chi connectivity index (χ4v) is 4.06. The summed E-state index contributed by atoms with van der Waals surface area (Å²) in [5, 5.41) is 0. The summed E-state index contributed by atoms with van der Waals surface area (Å²) in [6.45, 7) is 0.221. The van der Waals surface area contributed by atoms with Crippen LogP contribution >= 0.6 is 0 Å². The van der Waals surface area contributed by atoms with Crippen LogP contribution in [-0.2, 0) is 9.53 Å². The molecular formula is C28H37F17O2. The van der Waals surface area contributed by atoms with E-state index in [0.717, 1.165) is 38.5 Å². The average molecular weight is 729 g/mol. The van der Waals surface area contributed by atoms with Crippen molar-refractivity contribution in [2.24, 2.45) is 0 Å². The van der Waals surface area contributed by atoms with Crippen LogP contribution in [0.5, 0.6) is 0 Å². The number of alkyl halides is 17. The molecule has 47 heavy (non-hydrogen) atoms. The van der Waals surface area contributed by atoms with E-state index < -0.39 is 73.1 Å². The Balaban J connectivity index is 4.88. The van der Waals surface area contributed by atoms with Gasteiger partial charge in [-0.25, -0.2) is 0 Å². The number of halogens is 17. The fourth-order valence-electron chi connectivity index (χ4n) is 4.06. The van der Waals surface area contributed by atoms with Crippen LogP contribution in [0.4, 0.5) is 74.6 Å². The molecule has 0 radical (unpaired) electrons. The number of hydrogen-bond donors (Lipinski definition) is 0. The smallest absolute Gasteiger partial charge is 0.460 e. The van der Waals surface area contributed by atoms with Gasteiger partial charge in [0, 0.05) is 6.42 Å². The van der Waals surface area contributed by atoms with Crippen molar-refractivity contribution in [1.82, 2.24) is 0 Å². The molecule has 0 aliphatic rings. The molecule has 0 aromatic carbocycles. The molecule has 0 aliphatic heterocycles. The molecule has 0 amide bonds. The normalized spacial score (nSPS) is 14.7. The fraction of sp³-hybridized carbons (Fsp3) is 0.893. The predicted octanol–water partition coefficient (Wildman–Crippen LogP) is 12.0. The van der Waals surface area contributed by atoms with Gasteiger partial charge in [-0.1, -0.05) is 70.4 Å². The van der Waals surface area contributed by atoms with Crippen molar-refractivity contribution in [3.8, 4) is 0 Å². The van der Waals surface area contributed by atoms with Crippen molar-refractivity contribution in [3.63, 3.8) is 0 Å². The molecule has 280 valence electrons. The first-order chi connectivity index (χ1) is 21.2. The van der Waals surface area contributed by atoms with Crippen LogP contribution < -0.4 is 0 Å². The molecule has 0 spiro atoms. The molecule has 0 atom stereocenters. The van der Waals surface area contributed by atoms with E-state index in [2.05, 4.69) is 17.7 Å². The van der Waals surface area contributed by atoms with E-state index in [1.807, 2.05) is 6.08 Å². The van der Waals surface area contributed by atoms with E-state index >= 15 is 0 Å². The lowest BCUT2D eigenvalue weighted by atomic mass is 9.88. The molecular weight excluding hydrogens is 691 g/mol. The van der Waals surface area contributed by atoms with Crippen LogP contribution in [0.1, 0.15) is 103 Å². The highest BCUT2D eigenvalue weighted by Crippen LogP contribution is 2.64. The van der Waals surface area contributed by atoms with Gasteiger partial charge in [0.25, 0.3) is 0 Å². The van der Waals surface area contributed by atoms with Crippen LogP contribution in [0, 0.1) is 0 Å². The Labute approximate surface area is 260 Å². The number of carbonyl (C=O) groups excluding carboxylic acids is 1. The van der Waals surface area contributed by atoms with Gasteiger partial charge in [-0.15, -0.1) is 0 Å². The molecule has 0 unspecified atom stereocenters. The first-order valence-electron chi connectivity index (χ1n) is 14.7. The zero-order chi connectivity index (χ0) is 37.0. The van der Waals surface area contributed by atoms with Crippen molar-refractivity contribution in [2.45, 2.75) is 151 Å². The summed E-state index contributed by atoms with van der Waals surface area (Å²) in [5.41, 5.74) is 0. The quantitative estimate of drug-likeness (QED) is 0.0428. The van der Waals surface area contributed by atoms with Crippen molar-refractivity contribution in [3.05, 3.63) is 12.2 Å². The van der Waals surface area contributed by atoms with E-state index in [-0.39, 0.29) is 6.42 Å². The van der Waals surface area contributed by atoms with E-state index in [1.165, 1.54) is 25.7 Å². The predicted molar refractivity (Wildman–Crippen MR) is 136 cm³/mol. The molecule has 0 rings (SSSR count). The van der Waals surface area contributed by atoms with Gasteiger partial charge in [-0.3, -0.25) is 4.79 Å². The van der Waals surface area contributed by atoms with Crippen LogP contribution in [0.3, 0.4) is 0 Å². The van der Waals surface area contributed by atoms with Gasteiger partial charge in [-0.05, 0) is 32.1 Å². The summed E-state index contributed by atoms with van der Waals surface area (Å²) in [5.74, 6) is -58.1. The molecule has 0 bridgehead atoms. The number of hydrogen-bond acceptors (Lipinski definition) is 2. The van der Waals surface area contributed by atoms with Crippen LogP contribution in [-0.4, -0.2) is 60.2 Å². The Bertz CT molecular complexity index is 959. The number of ether oxygens (including phenoxy) is 1. The zero-order valence-corrected chi connectivity index (χ0v) is 25.2. The summed E-state index contributed by atoms with van der Waals surface area (Å²) in [6.07, 6.45) is 4.54. The molecule has 2 nitrogen and oxygen atoms in total. The third-order valence-electron chi connectivity index (χ3n) is 7.11. The summed E-state index contributed by atoms with van der Waals surface area (Å²) in [6, 6.07) is 0. The Morgan fingerprint density at radius 3 is 1.28 bits per heavy atom. The molecule has 0 saturated carbocycles. The molecule has 0 saturated heterocycles. The van der Waals surface area contributed by atoms with E-state index in [9.17, 15) is 79.4 Å². The van der Waals surface area contributed by atoms with Gasteiger partial charge in [0.05, 0.1) is 13.0 Å². The standard InChI is InChI=1S/C28H37F17O2/c1-2-3-4-5-6-7-8-9-10-11-12-13-14-15-16-17-20(46)47-19-18-21(29,30)22(31,32)23(33,34)24(35,36)25(37,38)26(39,40)27(41,42)28(43,44)45/h9-10H,2-8,11-19H2,1H3. The maximum atomic E-state index is 13.9. The monoisotopic (exact) mass is 728 g/mol. The maximum Gasteiger partial charge on any atom is 0.460 e. The minimum atomic E-state index is -8.67. The van der Waals surface area contributed by atoms with E-state index in [4.69, 9.17) is 0 Å². The van der Waals surface area contributed by atoms with Crippen LogP contribution in [0.25, 0.3) is 0 Å². The molecule has 0 N–H and O–H groups in total. The third-order valence-corrected chi connectivity index (χ3v) is 7.11. The Hall–Kier alpha value is -1.98. The second-order valence-corrected chi connectivity index (χ2v) is 11.0. The maximum absolute atomic E-state index is 13.9. The lowest BCUT2D eigenvalue weighted by Crippen LogP contribution is -2.74. The topological polar surface area (TPSA) is 26.3 Å². The second-order valence-electron chi connectivity index (χ2n) is 11.0. The largest absolute Gasteiger partial charge is 0.465 e.